The maximum absolute atomic E-state index is 5.76. The van der Waals surface area contributed by atoms with Crippen LogP contribution in [0.15, 0.2) is 6.07 Å². The molecule has 1 aliphatic carbocycles. The summed E-state index contributed by atoms with van der Waals surface area (Å²) < 4.78 is 0. The van der Waals surface area contributed by atoms with E-state index in [-0.39, 0.29) is 0 Å². The van der Waals surface area contributed by atoms with Crippen LogP contribution >= 0.6 is 0 Å². The number of hydrogen-bond acceptors (Lipinski definition) is 4. The number of hydrogen-bond donors (Lipinski definition) is 1. The lowest BCUT2D eigenvalue weighted by molar-refractivity contribution is 0.244. The minimum Gasteiger partial charge on any atom is -0.384 e. The van der Waals surface area contributed by atoms with Gasteiger partial charge in [0.05, 0.1) is 6.54 Å². The highest BCUT2D eigenvalue weighted by Crippen LogP contribution is 2.28. The lowest BCUT2D eigenvalue weighted by Crippen LogP contribution is -2.27. The monoisotopic (exact) mass is 234 g/mol. The highest BCUT2D eigenvalue weighted by Gasteiger charge is 2.28. The molecule has 1 aliphatic rings. The first kappa shape index (κ1) is 12.3. The maximum atomic E-state index is 5.76. The number of aryl methyl sites for hydroxylation is 1. The molecule has 0 amide bonds. The fraction of sp³-hybridized carbons (Fsp3) is 0.692. The minimum atomic E-state index is 0.582. The standard InChI is InChI=1S/C13H22N4/c1-3-4-7-17(11-5-6-11)9-13-15-10(2)8-12(14)16-13/h8,11H,3-7,9H2,1-2H3,(H2,14,15,16). The number of rotatable bonds is 6. The van der Waals surface area contributed by atoms with Crippen molar-refractivity contribution in [1.29, 1.82) is 0 Å². The quantitative estimate of drug-likeness (QED) is 0.819. The van der Waals surface area contributed by atoms with E-state index in [2.05, 4.69) is 21.8 Å². The zero-order valence-corrected chi connectivity index (χ0v) is 10.8. The molecule has 94 valence electrons. The van der Waals surface area contributed by atoms with Gasteiger partial charge >= 0.3 is 0 Å². The van der Waals surface area contributed by atoms with Crippen molar-refractivity contribution in [3.63, 3.8) is 0 Å². The van der Waals surface area contributed by atoms with E-state index < -0.39 is 0 Å². The molecule has 0 aromatic carbocycles. The van der Waals surface area contributed by atoms with Crippen LogP contribution in [0, 0.1) is 6.92 Å². The van der Waals surface area contributed by atoms with Crippen molar-refractivity contribution < 1.29 is 0 Å². The molecule has 1 aromatic heterocycles. The normalized spacial score (nSPS) is 15.5. The van der Waals surface area contributed by atoms with E-state index in [0.717, 1.165) is 30.6 Å². The smallest absolute Gasteiger partial charge is 0.144 e. The molecule has 0 bridgehead atoms. The predicted molar refractivity (Wildman–Crippen MR) is 69.5 cm³/mol. The van der Waals surface area contributed by atoms with Gasteiger partial charge in [-0.2, -0.15) is 0 Å². The third-order valence-electron chi connectivity index (χ3n) is 3.13. The van der Waals surface area contributed by atoms with E-state index in [1.54, 1.807) is 0 Å². The van der Waals surface area contributed by atoms with Crippen molar-refractivity contribution in [2.24, 2.45) is 0 Å². The molecule has 1 fully saturated rings. The third kappa shape index (κ3) is 3.66. The molecule has 0 saturated heterocycles. The number of anilines is 1. The van der Waals surface area contributed by atoms with Gasteiger partial charge < -0.3 is 5.73 Å². The largest absolute Gasteiger partial charge is 0.384 e. The average Bonchev–Trinajstić information content (AvgIpc) is 3.06. The van der Waals surface area contributed by atoms with Gasteiger partial charge in [0.1, 0.15) is 11.6 Å². The summed E-state index contributed by atoms with van der Waals surface area (Å²) in [5.41, 5.74) is 6.71. The molecule has 17 heavy (non-hydrogen) atoms. The minimum absolute atomic E-state index is 0.582. The first-order chi connectivity index (χ1) is 8.19. The van der Waals surface area contributed by atoms with Gasteiger partial charge in [0, 0.05) is 17.8 Å². The highest BCUT2D eigenvalue weighted by atomic mass is 15.2. The number of nitrogens with zero attached hydrogens (tertiary/aromatic N) is 3. The molecule has 2 rings (SSSR count). The number of nitrogen functional groups attached to an aromatic ring is 1. The number of aromatic nitrogens is 2. The van der Waals surface area contributed by atoms with Gasteiger partial charge in [-0.25, -0.2) is 9.97 Å². The molecule has 4 heteroatoms. The van der Waals surface area contributed by atoms with Crippen LogP contribution in [0.25, 0.3) is 0 Å². The van der Waals surface area contributed by atoms with Gasteiger partial charge in [-0.1, -0.05) is 13.3 Å². The predicted octanol–water partition coefficient (Wildman–Crippen LogP) is 2.13. The number of nitrogens with two attached hydrogens (primary N) is 1. The van der Waals surface area contributed by atoms with Crippen molar-refractivity contribution >= 4 is 5.82 Å². The summed E-state index contributed by atoms with van der Waals surface area (Å²) in [6, 6.07) is 2.57. The lowest BCUT2D eigenvalue weighted by atomic mass is 10.3. The van der Waals surface area contributed by atoms with Crippen LogP contribution in [0.2, 0.25) is 0 Å². The Morgan fingerprint density at radius 3 is 2.76 bits per heavy atom. The Balaban J connectivity index is 2.00. The van der Waals surface area contributed by atoms with Crippen LogP contribution in [0.5, 0.6) is 0 Å². The van der Waals surface area contributed by atoms with Crippen molar-refractivity contribution in [2.45, 2.75) is 52.1 Å². The summed E-state index contributed by atoms with van der Waals surface area (Å²) in [4.78, 5) is 11.3. The molecule has 4 nitrogen and oxygen atoms in total. The highest BCUT2D eigenvalue weighted by molar-refractivity contribution is 5.29. The van der Waals surface area contributed by atoms with Crippen LogP contribution in [0.4, 0.5) is 5.82 Å². The molecule has 1 saturated carbocycles. The molecule has 0 atom stereocenters. The van der Waals surface area contributed by atoms with Crippen molar-refractivity contribution in [1.82, 2.24) is 14.9 Å². The van der Waals surface area contributed by atoms with Crippen LogP contribution in [-0.4, -0.2) is 27.5 Å². The Hall–Kier alpha value is -1.16. The van der Waals surface area contributed by atoms with Crippen molar-refractivity contribution in [2.75, 3.05) is 12.3 Å². The average molecular weight is 234 g/mol. The zero-order chi connectivity index (χ0) is 12.3. The van der Waals surface area contributed by atoms with Gasteiger partial charge in [-0.15, -0.1) is 0 Å². The summed E-state index contributed by atoms with van der Waals surface area (Å²) in [5, 5.41) is 0. The molecular weight excluding hydrogens is 212 g/mol. The topological polar surface area (TPSA) is 55.0 Å². The molecule has 0 radical (unpaired) electrons. The second kappa shape index (κ2) is 5.45. The molecule has 0 spiro atoms. The fourth-order valence-corrected chi connectivity index (χ4v) is 2.10. The number of unbranched alkanes of at least 4 members (excludes halogenated alkanes) is 1. The van der Waals surface area contributed by atoms with E-state index in [0.29, 0.717) is 5.82 Å². The maximum Gasteiger partial charge on any atom is 0.144 e. The van der Waals surface area contributed by atoms with Gasteiger partial charge in [0.2, 0.25) is 0 Å². The molecule has 1 heterocycles. The second-order valence-corrected chi connectivity index (χ2v) is 4.91. The van der Waals surface area contributed by atoms with Crippen LogP contribution in [0.1, 0.15) is 44.1 Å². The first-order valence-corrected chi connectivity index (χ1v) is 6.53. The van der Waals surface area contributed by atoms with Gasteiger partial charge in [0.15, 0.2) is 0 Å². The Labute approximate surface area is 103 Å². The van der Waals surface area contributed by atoms with Crippen molar-refractivity contribution in [3.05, 3.63) is 17.6 Å². The Bertz CT molecular complexity index is 353. The summed E-state index contributed by atoms with van der Waals surface area (Å²) in [6.45, 7) is 6.19. The Morgan fingerprint density at radius 2 is 2.18 bits per heavy atom. The summed E-state index contributed by atoms with van der Waals surface area (Å²) in [6.07, 6.45) is 5.13. The summed E-state index contributed by atoms with van der Waals surface area (Å²) in [7, 11) is 0. The van der Waals surface area contributed by atoms with E-state index in [1.165, 1.54) is 25.7 Å². The molecule has 0 aliphatic heterocycles. The van der Waals surface area contributed by atoms with Gasteiger partial charge in [0.25, 0.3) is 0 Å². The second-order valence-electron chi connectivity index (χ2n) is 4.91. The zero-order valence-electron chi connectivity index (χ0n) is 10.8. The Morgan fingerprint density at radius 1 is 1.41 bits per heavy atom. The fourth-order valence-electron chi connectivity index (χ4n) is 2.10. The van der Waals surface area contributed by atoms with E-state index in [4.69, 9.17) is 5.73 Å². The van der Waals surface area contributed by atoms with E-state index in [9.17, 15) is 0 Å². The molecule has 1 aromatic rings. The van der Waals surface area contributed by atoms with E-state index in [1.807, 2.05) is 13.0 Å². The first-order valence-electron chi connectivity index (χ1n) is 6.53. The third-order valence-corrected chi connectivity index (χ3v) is 3.13. The summed E-state index contributed by atoms with van der Waals surface area (Å²) >= 11 is 0. The SMILES string of the molecule is CCCCN(Cc1nc(C)cc(N)n1)C1CC1. The van der Waals surface area contributed by atoms with Gasteiger partial charge in [-0.3, -0.25) is 4.90 Å². The van der Waals surface area contributed by atoms with E-state index >= 15 is 0 Å². The van der Waals surface area contributed by atoms with Crippen LogP contribution in [-0.2, 0) is 6.54 Å². The summed E-state index contributed by atoms with van der Waals surface area (Å²) in [5.74, 6) is 1.45. The lowest BCUT2D eigenvalue weighted by Gasteiger charge is -2.20. The van der Waals surface area contributed by atoms with Crippen LogP contribution in [0.3, 0.4) is 0 Å². The molecular formula is C13H22N4. The van der Waals surface area contributed by atoms with Crippen molar-refractivity contribution in [3.8, 4) is 0 Å². The Kier molecular flexibility index (Phi) is 3.94. The van der Waals surface area contributed by atoms with Gasteiger partial charge in [-0.05, 0) is 32.7 Å². The molecule has 2 N–H and O–H groups in total. The molecule has 0 unspecified atom stereocenters. The van der Waals surface area contributed by atoms with Crippen LogP contribution < -0.4 is 5.73 Å².